The van der Waals surface area contributed by atoms with Gasteiger partial charge in [-0.3, -0.25) is 9.59 Å². The molecule has 6 heteroatoms. The lowest BCUT2D eigenvalue weighted by atomic mass is 9.34. The van der Waals surface area contributed by atoms with Crippen LogP contribution >= 0.6 is 0 Å². The number of allylic oxidation sites excluding steroid dienone is 1. The van der Waals surface area contributed by atoms with Crippen molar-refractivity contribution >= 4 is 11.9 Å². The van der Waals surface area contributed by atoms with Gasteiger partial charge in [0.15, 0.2) is 0 Å². The molecule has 12 atom stereocenters. The van der Waals surface area contributed by atoms with Crippen LogP contribution in [0, 0.1) is 62.6 Å². The molecule has 2 saturated heterocycles. The number of rotatable bonds is 9. The predicted molar refractivity (Wildman–Crippen MR) is 216 cm³/mol. The predicted octanol–water partition coefficient (Wildman–Crippen LogP) is 10.1. The van der Waals surface area contributed by atoms with Crippen molar-refractivity contribution in [1.29, 1.82) is 0 Å². The Balaban J connectivity index is 1.08. The Hall–Kier alpha value is -2.96. The van der Waals surface area contributed by atoms with E-state index in [2.05, 4.69) is 85.7 Å². The van der Waals surface area contributed by atoms with Gasteiger partial charge < -0.3 is 19.1 Å². The third kappa shape index (κ3) is 6.08. The Morgan fingerprint density at radius 3 is 2.29 bits per heavy atom. The molecule has 1 amide bonds. The SMILES string of the molecule is CC(C)[C@@H](C)[C@@]1(C)CC[C@]2(C)[C@H]3CC[C@@H]4C5(COC[C@]4(C)[C@@H](OC4CC(=O)N(Cc6ccccc6)C4)[C@H](C)C5)C3=CC[C@@]2(C)[C@@H]1C(=O)OCc1ccccc1. The van der Waals surface area contributed by atoms with E-state index in [1.165, 1.54) is 0 Å². The zero-order valence-corrected chi connectivity index (χ0v) is 34.9. The van der Waals surface area contributed by atoms with Gasteiger partial charge in [-0.25, -0.2) is 0 Å². The second kappa shape index (κ2) is 14.1. The number of benzene rings is 2. The number of amides is 1. The quantitative estimate of drug-likeness (QED) is 0.189. The van der Waals surface area contributed by atoms with Crippen LogP contribution in [0.4, 0.5) is 0 Å². The van der Waals surface area contributed by atoms with Crippen LogP contribution < -0.4 is 0 Å². The molecule has 0 spiro atoms. The number of carbonyl (C=O) groups is 2. The maximum Gasteiger partial charge on any atom is 0.310 e. The fourth-order valence-electron chi connectivity index (χ4n) is 14.1. The highest BCUT2D eigenvalue weighted by Gasteiger charge is 2.71. The summed E-state index contributed by atoms with van der Waals surface area (Å²) in [7, 11) is 0. The normalized spacial score (nSPS) is 41.5. The van der Waals surface area contributed by atoms with Crippen molar-refractivity contribution in [3.05, 3.63) is 83.4 Å². The van der Waals surface area contributed by atoms with Gasteiger partial charge >= 0.3 is 5.97 Å². The second-order valence-corrected chi connectivity index (χ2v) is 20.4. The van der Waals surface area contributed by atoms with E-state index in [1.807, 2.05) is 41.3 Å². The van der Waals surface area contributed by atoms with Crippen molar-refractivity contribution < 1.29 is 23.8 Å². The minimum atomic E-state index is -0.236. The molecule has 298 valence electrons. The third-order valence-electron chi connectivity index (χ3n) is 17.3. The molecule has 6 aliphatic rings. The van der Waals surface area contributed by atoms with Crippen LogP contribution in [-0.2, 0) is 37.0 Å². The van der Waals surface area contributed by atoms with Gasteiger partial charge in [0.25, 0.3) is 0 Å². The number of likely N-dealkylation sites (tertiary alicyclic amines) is 1. The molecule has 8 rings (SSSR count). The van der Waals surface area contributed by atoms with Crippen molar-refractivity contribution in [1.82, 2.24) is 4.90 Å². The van der Waals surface area contributed by atoms with Gasteiger partial charge in [0.2, 0.25) is 5.91 Å². The van der Waals surface area contributed by atoms with Gasteiger partial charge in [-0.2, -0.15) is 0 Å². The molecule has 0 aromatic heterocycles. The van der Waals surface area contributed by atoms with Crippen molar-refractivity contribution in [2.75, 3.05) is 19.8 Å². The standard InChI is InChI=1S/C49H67NO5/c1-32(2)34(4)45(5)23-24-47(7)38-19-20-40-46(6)30-53-31-49(40,39(38)21-22-48(47,8)42(45)44(52)54-29-36-17-13-10-14-18-36)26-33(3)43(46)55-37-25-41(51)50(28-37)27-35-15-11-9-12-16-35/h9-18,21,32-34,37-38,40,42-43H,19-20,22-31H2,1-8H3/t33-,34-,37?,38+,40+,42-,43+,45-,46+,47-,48+,49?/m1/s1. The molecule has 5 fully saturated rings. The van der Waals surface area contributed by atoms with Crippen LogP contribution in [0.25, 0.3) is 0 Å². The maximum absolute atomic E-state index is 14.8. The van der Waals surface area contributed by atoms with Gasteiger partial charge in [-0.1, -0.05) is 128 Å². The topological polar surface area (TPSA) is 65.1 Å². The first kappa shape index (κ1) is 38.9. The number of hydrogen-bond acceptors (Lipinski definition) is 5. The Morgan fingerprint density at radius 2 is 1.60 bits per heavy atom. The molecule has 6 nitrogen and oxygen atoms in total. The molecule has 2 unspecified atom stereocenters. The number of nitrogens with zero attached hydrogens (tertiary/aromatic N) is 1. The van der Waals surface area contributed by atoms with E-state index in [4.69, 9.17) is 14.2 Å². The molecule has 0 N–H and O–H groups in total. The zero-order chi connectivity index (χ0) is 39.0. The number of hydrogen-bond donors (Lipinski definition) is 0. The van der Waals surface area contributed by atoms with Crippen LogP contribution in [0.5, 0.6) is 0 Å². The molecule has 4 aliphatic carbocycles. The minimum Gasteiger partial charge on any atom is -0.461 e. The highest BCUT2D eigenvalue weighted by Crippen LogP contribution is 2.75. The third-order valence-corrected chi connectivity index (χ3v) is 17.3. The minimum absolute atomic E-state index is 0.0106. The summed E-state index contributed by atoms with van der Waals surface area (Å²) in [6.45, 7) is 22.4. The summed E-state index contributed by atoms with van der Waals surface area (Å²) in [6.07, 6.45) is 9.40. The fourth-order valence-corrected chi connectivity index (χ4v) is 14.1. The number of esters is 1. The molecule has 0 radical (unpaired) electrons. The van der Waals surface area contributed by atoms with E-state index in [0.29, 0.717) is 62.3 Å². The molecule has 2 aromatic rings. The van der Waals surface area contributed by atoms with E-state index in [9.17, 15) is 9.59 Å². The largest absolute Gasteiger partial charge is 0.461 e. The molecule has 3 saturated carbocycles. The smallest absolute Gasteiger partial charge is 0.310 e. The molecule has 2 aliphatic heterocycles. The summed E-state index contributed by atoms with van der Waals surface area (Å²) in [5.74, 6) is 2.04. The van der Waals surface area contributed by atoms with E-state index >= 15 is 0 Å². The van der Waals surface area contributed by atoms with Gasteiger partial charge in [0.05, 0.1) is 37.8 Å². The average Bonchev–Trinajstić information content (AvgIpc) is 3.51. The zero-order valence-electron chi connectivity index (χ0n) is 34.9. The van der Waals surface area contributed by atoms with Crippen LogP contribution in [-0.4, -0.2) is 48.7 Å². The average molecular weight is 750 g/mol. The van der Waals surface area contributed by atoms with Crippen LogP contribution in [0.1, 0.15) is 111 Å². The first-order valence-electron chi connectivity index (χ1n) is 21.6. The summed E-state index contributed by atoms with van der Waals surface area (Å²) in [6, 6.07) is 20.5. The van der Waals surface area contributed by atoms with Crippen LogP contribution in [0.3, 0.4) is 0 Å². The van der Waals surface area contributed by atoms with E-state index in [1.54, 1.807) is 5.57 Å². The van der Waals surface area contributed by atoms with Gasteiger partial charge in [0, 0.05) is 23.9 Å². The van der Waals surface area contributed by atoms with E-state index in [0.717, 1.165) is 56.3 Å². The van der Waals surface area contributed by atoms with Crippen molar-refractivity contribution in [2.24, 2.45) is 62.6 Å². The highest BCUT2D eigenvalue weighted by atomic mass is 16.5. The maximum atomic E-state index is 14.8. The summed E-state index contributed by atoms with van der Waals surface area (Å²) < 4.78 is 20.3. The molecule has 2 bridgehead atoms. The van der Waals surface area contributed by atoms with Crippen molar-refractivity contribution in [3.8, 4) is 0 Å². The molecule has 2 aromatic carbocycles. The van der Waals surface area contributed by atoms with Crippen LogP contribution in [0.15, 0.2) is 72.3 Å². The van der Waals surface area contributed by atoms with Crippen molar-refractivity contribution in [2.45, 2.75) is 126 Å². The van der Waals surface area contributed by atoms with E-state index in [-0.39, 0.29) is 57.1 Å². The molecular formula is C49H67NO5. The lowest BCUT2D eigenvalue weighted by molar-refractivity contribution is -0.257. The number of ether oxygens (including phenoxy) is 3. The van der Waals surface area contributed by atoms with Gasteiger partial charge in [0.1, 0.15) is 6.61 Å². The Kier molecular flexibility index (Phi) is 10.0. The summed E-state index contributed by atoms with van der Waals surface area (Å²) in [5, 5.41) is 0. The Bertz CT molecular complexity index is 1780. The lowest BCUT2D eigenvalue weighted by Gasteiger charge is -2.71. The lowest BCUT2D eigenvalue weighted by Crippen LogP contribution is -2.69. The van der Waals surface area contributed by atoms with Crippen molar-refractivity contribution in [3.63, 3.8) is 0 Å². The highest BCUT2D eigenvalue weighted by molar-refractivity contribution is 5.79. The first-order valence-corrected chi connectivity index (χ1v) is 21.6. The fraction of sp³-hybridized carbons (Fsp3) is 0.673. The number of carbonyl (C=O) groups excluding carboxylic acids is 2. The summed E-state index contributed by atoms with van der Waals surface area (Å²) in [4.78, 5) is 30.0. The second-order valence-electron chi connectivity index (χ2n) is 20.4. The monoisotopic (exact) mass is 750 g/mol. The summed E-state index contributed by atoms with van der Waals surface area (Å²) >= 11 is 0. The summed E-state index contributed by atoms with van der Waals surface area (Å²) in [5.41, 5.74) is 3.23. The van der Waals surface area contributed by atoms with E-state index < -0.39 is 0 Å². The molecular weight excluding hydrogens is 683 g/mol. The van der Waals surface area contributed by atoms with Gasteiger partial charge in [-0.05, 0) is 95.5 Å². The van der Waals surface area contributed by atoms with Gasteiger partial charge in [-0.15, -0.1) is 0 Å². The van der Waals surface area contributed by atoms with Crippen LogP contribution in [0.2, 0.25) is 0 Å². The molecule has 55 heavy (non-hydrogen) atoms. The number of fused-ring (bicyclic) bond motifs is 3. The Morgan fingerprint density at radius 1 is 0.909 bits per heavy atom. The molecule has 2 heterocycles. The Labute approximate surface area is 331 Å². The first-order chi connectivity index (χ1) is 26.2.